The monoisotopic (exact) mass is 805 g/mol. The summed E-state index contributed by atoms with van der Waals surface area (Å²) < 4.78 is -0.218. The molecule has 0 saturated heterocycles. The van der Waals surface area contributed by atoms with Crippen molar-refractivity contribution in [2.24, 2.45) is 0 Å². The van der Waals surface area contributed by atoms with Gasteiger partial charge in [0, 0.05) is 18.1 Å². The van der Waals surface area contributed by atoms with Crippen molar-refractivity contribution < 1.29 is 14.2 Å². The zero-order valence-corrected chi connectivity index (χ0v) is 35.0. The zero-order valence-electron chi connectivity index (χ0n) is 33.2. The van der Waals surface area contributed by atoms with E-state index in [-0.39, 0.29) is 22.4 Å². The normalized spacial score (nSPS) is 14.4. The van der Waals surface area contributed by atoms with Crippen LogP contribution in [0.25, 0.3) is 21.5 Å². The molecule has 9 rings (SSSR count). The first-order valence-corrected chi connectivity index (χ1v) is 23.3. The summed E-state index contributed by atoms with van der Waals surface area (Å²) >= 11 is 0. The molecule has 1 aliphatic rings. The van der Waals surface area contributed by atoms with Crippen molar-refractivity contribution in [3.8, 4) is 0 Å². The highest BCUT2D eigenvalue weighted by molar-refractivity contribution is 7.80. The third-order valence-corrected chi connectivity index (χ3v) is 16.8. The van der Waals surface area contributed by atoms with Gasteiger partial charge in [-0.1, -0.05) is 201 Å². The summed E-state index contributed by atoms with van der Waals surface area (Å²) in [4.78, 5) is 31.9. The Bertz CT molecular complexity index is 2660. The molecule has 1 saturated carbocycles. The van der Waals surface area contributed by atoms with Gasteiger partial charge in [0.1, 0.15) is 6.04 Å². The number of hydrogen-bond donors (Lipinski definition) is 1. The summed E-state index contributed by atoms with van der Waals surface area (Å²) in [5.41, 5.74) is 4.86. The van der Waals surface area contributed by atoms with E-state index in [0.717, 1.165) is 74.9 Å². The molecular formula is C53H47N2O2P2+. The molecule has 4 nitrogen and oxygen atoms in total. The number of hydrogen-bond acceptors (Lipinski definition) is 2. The van der Waals surface area contributed by atoms with Crippen molar-refractivity contribution in [3.05, 3.63) is 205 Å². The van der Waals surface area contributed by atoms with E-state index in [4.69, 9.17) is 0 Å². The molecule has 290 valence electrons. The predicted molar refractivity (Wildman–Crippen MR) is 250 cm³/mol. The van der Waals surface area contributed by atoms with E-state index >= 15 is 9.59 Å². The van der Waals surface area contributed by atoms with Gasteiger partial charge in [-0.3, -0.25) is 4.79 Å². The van der Waals surface area contributed by atoms with Gasteiger partial charge in [0.05, 0.1) is 18.2 Å². The SMILES string of the molecule is C[N@+](NC(=O)c1c(P(c2ccccc2)c2ccccc2)ccc2ccccc12)(C(=O)c1c(P(c2ccccc2)c2ccccc2)ccc2ccccc12)C1CCCCC1. The maximum Gasteiger partial charge on any atom is 0.371 e. The van der Waals surface area contributed by atoms with Crippen LogP contribution in [0, 0.1) is 0 Å². The molecule has 0 radical (unpaired) electrons. The molecule has 1 atom stereocenters. The summed E-state index contributed by atoms with van der Waals surface area (Å²) in [6.07, 6.45) is 4.84. The smallest absolute Gasteiger partial charge is 0.264 e. The molecule has 1 aliphatic carbocycles. The molecular weight excluding hydrogens is 759 g/mol. The Morgan fingerprint density at radius 3 is 1.27 bits per heavy atom. The highest BCUT2D eigenvalue weighted by atomic mass is 31.1. The maximum atomic E-state index is 16.2. The van der Waals surface area contributed by atoms with E-state index in [1.807, 2.05) is 55.6 Å². The molecule has 0 spiro atoms. The fourth-order valence-electron chi connectivity index (χ4n) is 8.92. The maximum absolute atomic E-state index is 16.2. The van der Waals surface area contributed by atoms with Gasteiger partial charge in [0.2, 0.25) is 0 Å². The van der Waals surface area contributed by atoms with E-state index in [2.05, 4.69) is 151 Å². The van der Waals surface area contributed by atoms with Crippen LogP contribution >= 0.6 is 15.8 Å². The van der Waals surface area contributed by atoms with Gasteiger partial charge >= 0.3 is 5.91 Å². The molecule has 0 unspecified atom stereocenters. The van der Waals surface area contributed by atoms with Crippen LogP contribution in [-0.2, 0) is 0 Å². The average molecular weight is 806 g/mol. The van der Waals surface area contributed by atoms with Gasteiger partial charge in [0.25, 0.3) is 5.91 Å². The first-order chi connectivity index (χ1) is 29.0. The molecule has 0 heterocycles. The number of rotatable bonds is 9. The fraction of sp³-hybridized carbons (Fsp3) is 0.132. The highest BCUT2D eigenvalue weighted by Gasteiger charge is 2.46. The first-order valence-electron chi connectivity index (χ1n) is 20.6. The number of benzene rings is 8. The second-order valence-corrected chi connectivity index (χ2v) is 19.9. The van der Waals surface area contributed by atoms with Crippen LogP contribution < -0.4 is 37.3 Å². The Morgan fingerprint density at radius 1 is 0.458 bits per heavy atom. The van der Waals surface area contributed by atoms with Crippen molar-refractivity contribution in [1.29, 1.82) is 0 Å². The van der Waals surface area contributed by atoms with Gasteiger partial charge in [-0.25, -0.2) is 4.79 Å². The topological polar surface area (TPSA) is 46.2 Å². The molecule has 0 aliphatic heterocycles. The molecule has 0 bridgehead atoms. The van der Waals surface area contributed by atoms with E-state index < -0.39 is 15.8 Å². The van der Waals surface area contributed by atoms with Crippen molar-refractivity contribution in [1.82, 2.24) is 5.43 Å². The Kier molecular flexibility index (Phi) is 11.3. The third-order valence-electron chi connectivity index (χ3n) is 11.9. The summed E-state index contributed by atoms with van der Waals surface area (Å²) in [5.74, 6) is -0.306. The summed E-state index contributed by atoms with van der Waals surface area (Å²) in [6, 6.07) is 67.1. The Morgan fingerprint density at radius 2 is 0.831 bits per heavy atom. The number of nitrogens with one attached hydrogen (secondary N) is 1. The van der Waals surface area contributed by atoms with Gasteiger partial charge in [-0.15, -0.1) is 0 Å². The van der Waals surface area contributed by atoms with E-state index in [9.17, 15) is 0 Å². The lowest BCUT2D eigenvalue weighted by atomic mass is 9.92. The molecule has 59 heavy (non-hydrogen) atoms. The molecule has 0 aromatic heterocycles. The minimum Gasteiger partial charge on any atom is -0.264 e. The molecule has 1 fully saturated rings. The van der Waals surface area contributed by atoms with Crippen LogP contribution in [0.1, 0.15) is 52.8 Å². The highest BCUT2D eigenvalue weighted by Crippen LogP contribution is 2.40. The molecule has 8 aromatic rings. The van der Waals surface area contributed by atoms with Crippen LogP contribution in [0.2, 0.25) is 0 Å². The van der Waals surface area contributed by atoms with Crippen LogP contribution in [0.3, 0.4) is 0 Å². The molecule has 6 heteroatoms. The van der Waals surface area contributed by atoms with Crippen LogP contribution in [-0.4, -0.2) is 29.5 Å². The lowest BCUT2D eigenvalue weighted by Crippen LogP contribution is -2.67. The van der Waals surface area contributed by atoms with Crippen molar-refractivity contribution >= 4 is 81.0 Å². The number of nitrogens with zero attached hydrogens (tertiary/aromatic N) is 1. The fourth-order valence-corrected chi connectivity index (χ4v) is 13.8. The lowest BCUT2D eigenvalue weighted by molar-refractivity contribution is -0.891. The van der Waals surface area contributed by atoms with Crippen LogP contribution in [0.15, 0.2) is 194 Å². The second-order valence-electron chi connectivity index (χ2n) is 15.5. The van der Waals surface area contributed by atoms with Gasteiger partial charge in [-0.2, -0.15) is 10.0 Å². The van der Waals surface area contributed by atoms with Crippen LogP contribution in [0.5, 0.6) is 0 Å². The largest absolute Gasteiger partial charge is 0.371 e. The second kappa shape index (κ2) is 17.2. The molecule has 8 aromatic carbocycles. The minimum absolute atomic E-state index is 0.0772. The van der Waals surface area contributed by atoms with Crippen molar-refractivity contribution in [2.75, 3.05) is 7.05 Å². The zero-order chi connectivity index (χ0) is 40.2. The third kappa shape index (κ3) is 7.66. The van der Waals surface area contributed by atoms with Gasteiger partial charge < -0.3 is 0 Å². The van der Waals surface area contributed by atoms with Gasteiger partial charge in [-0.05, 0) is 76.8 Å². The van der Waals surface area contributed by atoms with Crippen molar-refractivity contribution in [2.45, 2.75) is 38.1 Å². The Hall–Kier alpha value is -5.76. The minimum atomic E-state index is -1.13. The summed E-state index contributed by atoms with van der Waals surface area (Å²) in [5, 5.41) is 10.4. The first kappa shape index (κ1) is 38.7. The number of amides is 2. The average Bonchev–Trinajstić information content (AvgIpc) is 3.30. The van der Waals surface area contributed by atoms with Gasteiger partial charge in [0.15, 0.2) is 0 Å². The lowest BCUT2D eigenvalue weighted by Gasteiger charge is -2.40. The summed E-state index contributed by atoms with van der Waals surface area (Å²) in [7, 11) is -0.288. The van der Waals surface area contributed by atoms with E-state index in [1.165, 1.54) is 10.6 Å². The van der Waals surface area contributed by atoms with Crippen molar-refractivity contribution in [3.63, 3.8) is 0 Å². The number of fused-ring (bicyclic) bond motifs is 2. The molecule has 1 N–H and O–H groups in total. The number of carbonyl (C=O) groups excluding carboxylic acids is 2. The Balaban J connectivity index is 1.24. The van der Waals surface area contributed by atoms with E-state index in [1.54, 1.807) is 0 Å². The van der Waals surface area contributed by atoms with E-state index in [0.29, 0.717) is 11.1 Å². The quantitative estimate of drug-likeness (QED) is 0.0898. The standard InChI is InChI=1S/C53H46N2O2P2/c1-55(41-23-7-2-8-24-41,53(57)51-47-34-20-18-22-40(47)36-38-49(51)59(44-29-13-5-14-30-44)45-31-15-6-16-32-45)54-52(56)50-46-33-19-17-21-39(46)35-37-48(50)58(42-25-9-3-10-26-42)43-27-11-4-12-28-43/h3-6,9-22,25-38,41H,2,7-8,23-24H2,1H3/p+1/t55-/m1/s1. The summed E-state index contributed by atoms with van der Waals surface area (Å²) in [6.45, 7) is 0. The molecule has 2 amide bonds. The Labute approximate surface area is 349 Å². The van der Waals surface area contributed by atoms with Crippen LogP contribution in [0.4, 0.5) is 0 Å². The number of carbonyl (C=O) groups is 2. The predicted octanol–water partition coefficient (Wildman–Crippen LogP) is 9.77. The number of quaternary nitrogens is 1.